The summed E-state index contributed by atoms with van der Waals surface area (Å²) < 4.78 is 7.44. The van der Waals surface area contributed by atoms with Crippen molar-refractivity contribution in [2.24, 2.45) is 0 Å². The highest BCUT2D eigenvalue weighted by Crippen LogP contribution is 2.33. The van der Waals surface area contributed by atoms with Crippen LogP contribution in [0.1, 0.15) is 24.4 Å². The van der Waals surface area contributed by atoms with Crippen LogP contribution in [0, 0.1) is 0 Å². The van der Waals surface area contributed by atoms with Gasteiger partial charge in [0.15, 0.2) is 0 Å². The van der Waals surface area contributed by atoms with Gasteiger partial charge < -0.3 is 14.6 Å². The smallest absolute Gasteiger partial charge is 0.313 e. The molecule has 0 unspecified atom stereocenters. The highest BCUT2D eigenvalue weighted by atomic mass is 16.5. The van der Waals surface area contributed by atoms with Crippen LogP contribution in [0.25, 0.3) is 0 Å². The largest absolute Gasteiger partial charge is 0.434 e. The molecule has 2 aromatic rings. The van der Waals surface area contributed by atoms with Gasteiger partial charge in [0, 0.05) is 30.5 Å². The lowest BCUT2D eigenvalue weighted by Gasteiger charge is -2.10. The Morgan fingerprint density at radius 1 is 1.40 bits per heavy atom. The zero-order valence-electron chi connectivity index (χ0n) is 11.4. The van der Waals surface area contributed by atoms with Crippen LogP contribution in [0.2, 0.25) is 0 Å². The topological polar surface area (TPSA) is 56.1 Å². The molecule has 5 nitrogen and oxygen atoms in total. The van der Waals surface area contributed by atoms with Gasteiger partial charge in [-0.05, 0) is 26.0 Å². The molecule has 0 bridgehead atoms. The standard InChI is InChI=1S/C15H17N3O2/c1-16-10-11-4-2-3-5-13(11)20-14-15(19)18(9-8-17-14)12-6-7-12/h2-5,8-9,12,16H,6-7,10H2,1H3. The predicted molar refractivity (Wildman–Crippen MR) is 76.0 cm³/mol. The second kappa shape index (κ2) is 5.46. The van der Waals surface area contributed by atoms with E-state index in [-0.39, 0.29) is 11.4 Å². The number of nitrogens with zero attached hydrogens (tertiary/aromatic N) is 2. The minimum Gasteiger partial charge on any atom is -0.434 e. The van der Waals surface area contributed by atoms with E-state index in [9.17, 15) is 4.79 Å². The highest BCUT2D eigenvalue weighted by molar-refractivity contribution is 5.35. The summed E-state index contributed by atoms with van der Waals surface area (Å²) in [5, 5.41) is 3.08. The van der Waals surface area contributed by atoms with Crippen molar-refractivity contribution in [2.75, 3.05) is 7.05 Å². The van der Waals surface area contributed by atoms with Crippen molar-refractivity contribution in [3.63, 3.8) is 0 Å². The van der Waals surface area contributed by atoms with Crippen LogP contribution in [0.5, 0.6) is 11.6 Å². The van der Waals surface area contributed by atoms with Gasteiger partial charge in [-0.15, -0.1) is 0 Å². The van der Waals surface area contributed by atoms with Crippen LogP contribution in [-0.2, 0) is 6.54 Å². The number of ether oxygens (including phenoxy) is 1. The van der Waals surface area contributed by atoms with E-state index >= 15 is 0 Å². The molecule has 0 spiro atoms. The van der Waals surface area contributed by atoms with Gasteiger partial charge in [0.2, 0.25) is 0 Å². The first-order valence-corrected chi connectivity index (χ1v) is 6.77. The fraction of sp³-hybridized carbons (Fsp3) is 0.333. The van der Waals surface area contributed by atoms with Gasteiger partial charge in [-0.3, -0.25) is 4.79 Å². The maximum atomic E-state index is 12.3. The van der Waals surface area contributed by atoms with E-state index in [0.717, 1.165) is 18.4 Å². The van der Waals surface area contributed by atoms with Crippen LogP contribution in [-0.4, -0.2) is 16.6 Å². The van der Waals surface area contributed by atoms with Gasteiger partial charge in [0.05, 0.1) is 0 Å². The van der Waals surface area contributed by atoms with Crippen molar-refractivity contribution >= 4 is 0 Å². The maximum Gasteiger partial charge on any atom is 0.313 e. The number of hydrogen-bond acceptors (Lipinski definition) is 4. The number of nitrogens with one attached hydrogen (secondary N) is 1. The highest BCUT2D eigenvalue weighted by Gasteiger charge is 2.25. The molecule has 0 saturated heterocycles. The summed E-state index contributed by atoms with van der Waals surface area (Å²) in [4.78, 5) is 16.4. The summed E-state index contributed by atoms with van der Waals surface area (Å²) in [6.45, 7) is 0.680. The Bertz CT molecular complexity index is 662. The Morgan fingerprint density at radius 3 is 2.95 bits per heavy atom. The average Bonchev–Trinajstić information content (AvgIpc) is 3.28. The molecule has 0 aliphatic heterocycles. The minimum atomic E-state index is -0.158. The molecule has 1 aromatic heterocycles. The molecule has 5 heteroatoms. The van der Waals surface area contributed by atoms with Gasteiger partial charge in [-0.1, -0.05) is 18.2 Å². The number of benzene rings is 1. The van der Waals surface area contributed by atoms with Crippen LogP contribution in [0.15, 0.2) is 41.5 Å². The van der Waals surface area contributed by atoms with Gasteiger partial charge in [0.1, 0.15) is 5.75 Å². The zero-order chi connectivity index (χ0) is 13.9. The van der Waals surface area contributed by atoms with Gasteiger partial charge >= 0.3 is 5.56 Å². The van der Waals surface area contributed by atoms with Crippen molar-refractivity contribution < 1.29 is 4.74 Å². The van der Waals surface area contributed by atoms with Crippen molar-refractivity contribution in [1.82, 2.24) is 14.9 Å². The SMILES string of the molecule is CNCc1ccccc1Oc1nccn(C2CC2)c1=O. The number of rotatable bonds is 5. The summed E-state index contributed by atoms with van der Waals surface area (Å²) in [5.74, 6) is 0.808. The third-order valence-corrected chi connectivity index (χ3v) is 3.32. The Labute approximate surface area is 117 Å². The monoisotopic (exact) mass is 271 g/mol. The van der Waals surface area contributed by atoms with Crippen LogP contribution in [0.4, 0.5) is 0 Å². The molecule has 1 aliphatic rings. The molecule has 0 atom stereocenters. The molecule has 1 aromatic carbocycles. The minimum absolute atomic E-state index is 0.142. The van der Waals surface area contributed by atoms with E-state index in [1.807, 2.05) is 31.3 Å². The molecule has 1 heterocycles. The van der Waals surface area contributed by atoms with Gasteiger partial charge in [-0.25, -0.2) is 4.98 Å². The van der Waals surface area contributed by atoms with Crippen molar-refractivity contribution in [3.05, 3.63) is 52.6 Å². The number of hydrogen-bond donors (Lipinski definition) is 1. The van der Waals surface area contributed by atoms with Crippen LogP contribution in [0.3, 0.4) is 0 Å². The van der Waals surface area contributed by atoms with Gasteiger partial charge in [-0.2, -0.15) is 0 Å². The first-order chi connectivity index (χ1) is 9.79. The Hall–Kier alpha value is -2.14. The Morgan fingerprint density at radius 2 is 2.20 bits per heavy atom. The fourth-order valence-corrected chi connectivity index (χ4v) is 2.16. The maximum absolute atomic E-state index is 12.3. The molecular weight excluding hydrogens is 254 g/mol. The summed E-state index contributed by atoms with van der Waals surface area (Å²) >= 11 is 0. The molecule has 104 valence electrons. The Balaban J connectivity index is 1.91. The molecule has 1 N–H and O–H groups in total. The molecule has 1 fully saturated rings. The van der Waals surface area contributed by atoms with Crippen LogP contribution >= 0.6 is 0 Å². The van der Waals surface area contributed by atoms with E-state index in [4.69, 9.17) is 4.74 Å². The van der Waals surface area contributed by atoms with E-state index < -0.39 is 0 Å². The summed E-state index contributed by atoms with van der Waals surface area (Å²) in [5.41, 5.74) is 0.840. The van der Waals surface area contributed by atoms with Crippen molar-refractivity contribution in [2.45, 2.75) is 25.4 Å². The molecule has 1 saturated carbocycles. The number of para-hydroxylation sites is 1. The normalized spacial score (nSPS) is 14.2. The first kappa shape index (κ1) is 12.9. The lowest BCUT2D eigenvalue weighted by atomic mass is 10.2. The van der Waals surface area contributed by atoms with E-state index in [1.54, 1.807) is 17.0 Å². The van der Waals surface area contributed by atoms with E-state index in [0.29, 0.717) is 18.3 Å². The van der Waals surface area contributed by atoms with Crippen LogP contribution < -0.4 is 15.6 Å². The third-order valence-electron chi connectivity index (χ3n) is 3.32. The third kappa shape index (κ3) is 2.58. The summed E-state index contributed by atoms with van der Waals surface area (Å²) in [6, 6.07) is 7.97. The van der Waals surface area contributed by atoms with Crippen molar-refractivity contribution in [3.8, 4) is 11.6 Å². The van der Waals surface area contributed by atoms with Crippen molar-refractivity contribution in [1.29, 1.82) is 0 Å². The molecule has 20 heavy (non-hydrogen) atoms. The lowest BCUT2D eigenvalue weighted by Crippen LogP contribution is -2.21. The zero-order valence-corrected chi connectivity index (χ0v) is 11.4. The van der Waals surface area contributed by atoms with E-state index in [1.165, 1.54) is 0 Å². The molecule has 3 rings (SSSR count). The Kier molecular flexibility index (Phi) is 3.52. The number of aromatic nitrogens is 2. The molecule has 0 radical (unpaired) electrons. The summed E-state index contributed by atoms with van der Waals surface area (Å²) in [7, 11) is 1.87. The molecular formula is C15H17N3O2. The molecule has 1 aliphatic carbocycles. The van der Waals surface area contributed by atoms with Gasteiger partial charge in [0.25, 0.3) is 5.88 Å². The quantitative estimate of drug-likeness (QED) is 0.904. The average molecular weight is 271 g/mol. The summed E-state index contributed by atoms with van der Waals surface area (Å²) in [6.07, 6.45) is 5.46. The fourth-order valence-electron chi connectivity index (χ4n) is 2.16. The first-order valence-electron chi connectivity index (χ1n) is 6.77. The molecule has 0 amide bonds. The second-order valence-corrected chi connectivity index (χ2v) is 4.92. The second-order valence-electron chi connectivity index (χ2n) is 4.92. The lowest BCUT2D eigenvalue weighted by molar-refractivity contribution is 0.438. The predicted octanol–water partition coefficient (Wildman–Crippen LogP) is 2.09. The van der Waals surface area contributed by atoms with E-state index in [2.05, 4.69) is 10.3 Å².